The SMILES string of the molecule is CC(C)(C)n1ncc(OCc2ccc(OCCCI)nc2)c(Cl)c1=O. The number of rotatable bonds is 7. The van der Waals surface area contributed by atoms with Crippen LogP contribution in [-0.2, 0) is 12.1 Å². The van der Waals surface area contributed by atoms with Crippen molar-refractivity contribution in [1.82, 2.24) is 14.8 Å². The maximum absolute atomic E-state index is 12.3. The summed E-state index contributed by atoms with van der Waals surface area (Å²) in [5.41, 5.74) is 0.0251. The lowest BCUT2D eigenvalue weighted by molar-refractivity contribution is 0.289. The third-order valence-corrected chi connectivity index (χ3v) is 4.35. The van der Waals surface area contributed by atoms with Crippen LogP contribution in [0.5, 0.6) is 11.6 Å². The Morgan fingerprint density at radius 3 is 2.60 bits per heavy atom. The Morgan fingerprint density at radius 1 is 1.24 bits per heavy atom. The zero-order valence-electron chi connectivity index (χ0n) is 14.5. The van der Waals surface area contributed by atoms with Crippen LogP contribution in [-0.4, -0.2) is 25.8 Å². The Hall–Kier alpha value is -1.35. The lowest BCUT2D eigenvalue weighted by Crippen LogP contribution is -2.36. The van der Waals surface area contributed by atoms with Gasteiger partial charge in [0.25, 0.3) is 5.56 Å². The molecule has 0 aliphatic heterocycles. The van der Waals surface area contributed by atoms with Crippen molar-refractivity contribution in [3.8, 4) is 11.6 Å². The lowest BCUT2D eigenvalue weighted by Gasteiger charge is -2.21. The zero-order valence-corrected chi connectivity index (χ0v) is 17.4. The molecule has 0 bridgehead atoms. The average molecular weight is 478 g/mol. The van der Waals surface area contributed by atoms with E-state index in [0.717, 1.165) is 16.4 Å². The largest absolute Gasteiger partial charge is 0.485 e. The summed E-state index contributed by atoms with van der Waals surface area (Å²) < 4.78 is 13.5. The minimum Gasteiger partial charge on any atom is -0.485 e. The minimum atomic E-state index is -0.448. The van der Waals surface area contributed by atoms with Crippen molar-refractivity contribution in [2.45, 2.75) is 39.3 Å². The van der Waals surface area contributed by atoms with Gasteiger partial charge < -0.3 is 9.47 Å². The quantitative estimate of drug-likeness (QED) is 0.344. The monoisotopic (exact) mass is 477 g/mol. The fraction of sp³-hybridized carbons (Fsp3) is 0.471. The second kappa shape index (κ2) is 8.84. The highest BCUT2D eigenvalue weighted by Gasteiger charge is 2.19. The predicted octanol–water partition coefficient (Wildman–Crippen LogP) is 3.83. The van der Waals surface area contributed by atoms with Gasteiger partial charge in [0.2, 0.25) is 5.88 Å². The topological polar surface area (TPSA) is 66.2 Å². The van der Waals surface area contributed by atoms with E-state index in [1.54, 1.807) is 12.3 Å². The van der Waals surface area contributed by atoms with Crippen LogP contribution in [0.4, 0.5) is 0 Å². The molecule has 0 unspecified atom stereocenters. The molecular weight excluding hydrogens is 457 g/mol. The Balaban J connectivity index is 2.02. The molecular formula is C17H21ClIN3O3. The smallest absolute Gasteiger partial charge is 0.289 e. The third kappa shape index (κ3) is 5.57. The molecule has 0 spiro atoms. The number of aromatic nitrogens is 3. The van der Waals surface area contributed by atoms with Gasteiger partial charge >= 0.3 is 0 Å². The Kier molecular flexibility index (Phi) is 7.06. The number of hydrogen-bond donors (Lipinski definition) is 0. The number of alkyl halides is 1. The molecule has 2 aromatic heterocycles. The van der Waals surface area contributed by atoms with Gasteiger partial charge in [0.05, 0.1) is 18.3 Å². The summed E-state index contributed by atoms with van der Waals surface area (Å²) in [5.74, 6) is 0.843. The Labute approximate surface area is 165 Å². The predicted molar refractivity (Wildman–Crippen MR) is 106 cm³/mol. The molecule has 2 aromatic rings. The first-order chi connectivity index (χ1) is 11.8. The highest BCUT2D eigenvalue weighted by atomic mass is 127. The van der Waals surface area contributed by atoms with Crippen LogP contribution < -0.4 is 15.0 Å². The first kappa shape index (κ1) is 20.0. The molecule has 0 N–H and O–H groups in total. The molecule has 0 saturated heterocycles. The fourth-order valence-electron chi connectivity index (χ4n) is 1.97. The van der Waals surface area contributed by atoms with E-state index in [-0.39, 0.29) is 22.9 Å². The van der Waals surface area contributed by atoms with Gasteiger partial charge in [-0.05, 0) is 33.3 Å². The van der Waals surface area contributed by atoms with Gasteiger partial charge in [0.15, 0.2) is 10.8 Å². The molecule has 0 aliphatic rings. The molecule has 136 valence electrons. The summed E-state index contributed by atoms with van der Waals surface area (Å²) >= 11 is 8.44. The highest BCUT2D eigenvalue weighted by Crippen LogP contribution is 2.22. The highest BCUT2D eigenvalue weighted by molar-refractivity contribution is 14.1. The molecule has 0 atom stereocenters. The van der Waals surface area contributed by atoms with Crippen LogP contribution in [0.1, 0.15) is 32.8 Å². The number of hydrogen-bond acceptors (Lipinski definition) is 5. The second-order valence-corrected chi connectivity index (χ2v) is 7.85. The molecule has 8 heteroatoms. The maximum Gasteiger partial charge on any atom is 0.289 e. The first-order valence-corrected chi connectivity index (χ1v) is 9.78. The normalized spacial score (nSPS) is 11.4. The van der Waals surface area contributed by atoms with Crippen molar-refractivity contribution < 1.29 is 9.47 Å². The zero-order chi connectivity index (χ0) is 18.4. The molecule has 0 aliphatic carbocycles. The van der Waals surface area contributed by atoms with Gasteiger partial charge in [-0.1, -0.05) is 34.2 Å². The van der Waals surface area contributed by atoms with Crippen molar-refractivity contribution in [3.05, 3.63) is 45.5 Å². The van der Waals surface area contributed by atoms with Gasteiger partial charge in [-0.2, -0.15) is 5.10 Å². The van der Waals surface area contributed by atoms with Crippen LogP contribution in [0.15, 0.2) is 29.3 Å². The van der Waals surface area contributed by atoms with E-state index in [1.807, 2.05) is 26.8 Å². The van der Waals surface area contributed by atoms with Crippen LogP contribution in [0, 0.1) is 0 Å². The molecule has 0 saturated carbocycles. The number of pyridine rings is 1. The van der Waals surface area contributed by atoms with Crippen LogP contribution in [0.3, 0.4) is 0 Å². The summed E-state index contributed by atoms with van der Waals surface area (Å²) in [6.07, 6.45) is 4.12. The van der Waals surface area contributed by atoms with E-state index in [9.17, 15) is 4.79 Å². The van der Waals surface area contributed by atoms with E-state index in [1.165, 1.54) is 10.9 Å². The van der Waals surface area contributed by atoms with Gasteiger partial charge in [0, 0.05) is 22.3 Å². The Bertz CT molecular complexity index is 757. The van der Waals surface area contributed by atoms with E-state index in [4.69, 9.17) is 21.1 Å². The van der Waals surface area contributed by atoms with Gasteiger partial charge in [-0.25, -0.2) is 9.67 Å². The molecule has 2 rings (SSSR count). The summed E-state index contributed by atoms with van der Waals surface area (Å²) in [6.45, 7) is 6.54. The molecule has 0 radical (unpaired) electrons. The first-order valence-electron chi connectivity index (χ1n) is 7.87. The van der Waals surface area contributed by atoms with Gasteiger partial charge in [0.1, 0.15) is 6.61 Å². The average Bonchev–Trinajstić information content (AvgIpc) is 2.56. The van der Waals surface area contributed by atoms with Crippen molar-refractivity contribution in [2.75, 3.05) is 11.0 Å². The molecule has 6 nitrogen and oxygen atoms in total. The van der Waals surface area contributed by atoms with Crippen molar-refractivity contribution >= 4 is 34.2 Å². The standard InChI is InChI=1S/C17H21ClIN3O3/c1-17(2,3)22-16(23)15(18)13(10-21-22)25-11-12-5-6-14(20-9-12)24-8-4-7-19/h5-6,9-10H,4,7-8,11H2,1-3H3. The lowest BCUT2D eigenvalue weighted by atomic mass is 10.1. The number of nitrogens with zero attached hydrogens (tertiary/aromatic N) is 3. The summed E-state index contributed by atoms with van der Waals surface area (Å²) in [4.78, 5) is 16.5. The van der Waals surface area contributed by atoms with Crippen molar-refractivity contribution in [3.63, 3.8) is 0 Å². The van der Waals surface area contributed by atoms with E-state index < -0.39 is 5.54 Å². The molecule has 0 aromatic carbocycles. The molecule has 0 amide bonds. The number of halogens is 2. The van der Waals surface area contributed by atoms with Gasteiger partial charge in [-0.15, -0.1) is 0 Å². The third-order valence-electron chi connectivity index (χ3n) is 3.24. The summed E-state index contributed by atoms with van der Waals surface area (Å²) in [7, 11) is 0. The minimum absolute atomic E-state index is 0.0247. The van der Waals surface area contributed by atoms with Crippen LogP contribution >= 0.6 is 34.2 Å². The van der Waals surface area contributed by atoms with Crippen LogP contribution in [0.2, 0.25) is 5.02 Å². The molecule has 2 heterocycles. The van der Waals surface area contributed by atoms with E-state index in [2.05, 4.69) is 32.7 Å². The van der Waals surface area contributed by atoms with Crippen molar-refractivity contribution in [1.29, 1.82) is 0 Å². The maximum atomic E-state index is 12.3. The fourth-order valence-corrected chi connectivity index (χ4v) is 2.46. The van der Waals surface area contributed by atoms with E-state index in [0.29, 0.717) is 12.5 Å². The summed E-state index contributed by atoms with van der Waals surface area (Å²) in [5, 5.41) is 4.16. The second-order valence-electron chi connectivity index (χ2n) is 6.39. The number of ether oxygens (including phenoxy) is 2. The van der Waals surface area contributed by atoms with Gasteiger partial charge in [-0.3, -0.25) is 4.79 Å². The Morgan fingerprint density at radius 2 is 2.00 bits per heavy atom. The van der Waals surface area contributed by atoms with Crippen LogP contribution in [0.25, 0.3) is 0 Å². The molecule has 0 fully saturated rings. The van der Waals surface area contributed by atoms with Crippen molar-refractivity contribution in [2.24, 2.45) is 0 Å². The molecule has 25 heavy (non-hydrogen) atoms. The van der Waals surface area contributed by atoms with E-state index >= 15 is 0 Å². The summed E-state index contributed by atoms with van der Waals surface area (Å²) in [6, 6.07) is 3.66.